The van der Waals surface area contributed by atoms with E-state index in [9.17, 15) is 8.78 Å². The number of fused-ring (bicyclic) bond motifs is 1. The summed E-state index contributed by atoms with van der Waals surface area (Å²) in [6.45, 7) is 3.01. The lowest BCUT2D eigenvalue weighted by Gasteiger charge is -2.16. The van der Waals surface area contributed by atoms with Crippen molar-refractivity contribution in [3.8, 4) is 0 Å². The normalized spacial score (nSPS) is 28.6. The average molecular weight is 237 g/mol. The first kappa shape index (κ1) is 11.1. The predicted octanol–water partition coefficient (Wildman–Crippen LogP) is 3.20. The third-order valence-corrected chi connectivity index (χ3v) is 4.19. The minimum absolute atomic E-state index is 0.734. The van der Waals surface area contributed by atoms with E-state index < -0.39 is 11.6 Å². The molecular weight excluding hydrogens is 220 g/mol. The van der Waals surface area contributed by atoms with Crippen LogP contribution in [0.3, 0.4) is 0 Å². The molecule has 0 amide bonds. The molecule has 1 aliphatic carbocycles. The van der Waals surface area contributed by atoms with Gasteiger partial charge in [0.1, 0.15) is 0 Å². The van der Waals surface area contributed by atoms with Gasteiger partial charge in [-0.2, -0.15) is 0 Å². The van der Waals surface area contributed by atoms with Crippen LogP contribution in [0, 0.1) is 23.5 Å². The number of halogens is 2. The summed E-state index contributed by atoms with van der Waals surface area (Å²) < 4.78 is 25.9. The molecule has 1 heterocycles. The van der Waals surface area contributed by atoms with Crippen molar-refractivity contribution in [3.05, 3.63) is 35.4 Å². The highest BCUT2D eigenvalue weighted by atomic mass is 19.2. The van der Waals surface area contributed by atoms with E-state index in [1.807, 2.05) is 0 Å². The largest absolute Gasteiger partial charge is 0.299 e. The smallest absolute Gasteiger partial charge is 0.159 e. The third kappa shape index (κ3) is 2.21. The molecule has 0 N–H and O–H groups in total. The SMILES string of the molecule is Fc1ccc(CN2CC3CCCC3C2)cc1F. The van der Waals surface area contributed by atoms with Gasteiger partial charge in [-0.25, -0.2) is 8.78 Å². The van der Waals surface area contributed by atoms with Crippen molar-refractivity contribution in [1.29, 1.82) is 0 Å². The van der Waals surface area contributed by atoms with Crippen LogP contribution in [0.15, 0.2) is 18.2 Å². The van der Waals surface area contributed by atoms with E-state index in [-0.39, 0.29) is 0 Å². The van der Waals surface area contributed by atoms with Gasteiger partial charge in [0.2, 0.25) is 0 Å². The Bertz CT molecular complexity index is 407. The molecule has 0 aromatic heterocycles. The molecule has 2 fully saturated rings. The van der Waals surface area contributed by atoms with Gasteiger partial charge in [0.15, 0.2) is 11.6 Å². The molecule has 1 aromatic carbocycles. The zero-order valence-corrected chi connectivity index (χ0v) is 9.83. The first-order valence-electron chi connectivity index (χ1n) is 6.38. The molecule has 1 aliphatic heterocycles. The van der Waals surface area contributed by atoms with Crippen LogP contribution in [-0.4, -0.2) is 18.0 Å². The fraction of sp³-hybridized carbons (Fsp3) is 0.571. The van der Waals surface area contributed by atoms with Crippen molar-refractivity contribution in [2.45, 2.75) is 25.8 Å². The number of benzene rings is 1. The minimum Gasteiger partial charge on any atom is -0.299 e. The van der Waals surface area contributed by atoms with Crippen LogP contribution >= 0.6 is 0 Å². The van der Waals surface area contributed by atoms with Crippen LogP contribution in [0.4, 0.5) is 8.78 Å². The average Bonchev–Trinajstić information content (AvgIpc) is 2.84. The summed E-state index contributed by atoms with van der Waals surface area (Å²) in [5.74, 6) is 0.203. The van der Waals surface area contributed by atoms with Crippen LogP contribution in [0.1, 0.15) is 24.8 Å². The molecule has 92 valence electrons. The minimum atomic E-state index is -0.757. The third-order valence-electron chi connectivity index (χ3n) is 4.19. The molecule has 1 nitrogen and oxygen atoms in total. The summed E-state index contributed by atoms with van der Waals surface area (Å²) in [7, 11) is 0. The second kappa shape index (κ2) is 4.37. The van der Waals surface area contributed by atoms with Gasteiger partial charge in [-0.05, 0) is 42.4 Å². The molecular formula is C14H17F2N. The number of hydrogen-bond donors (Lipinski definition) is 0. The van der Waals surface area contributed by atoms with Crippen LogP contribution in [-0.2, 0) is 6.54 Å². The van der Waals surface area contributed by atoms with Crippen molar-refractivity contribution in [3.63, 3.8) is 0 Å². The van der Waals surface area contributed by atoms with Crippen molar-refractivity contribution in [1.82, 2.24) is 4.90 Å². The molecule has 1 saturated heterocycles. The van der Waals surface area contributed by atoms with E-state index in [1.54, 1.807) is 6.07 Å². The highest BCUT2D eigenvalue weighted by Crippen LogP contribution is 2.38. The first-order chi connectivity index (χ1) is 8.22. The quantitative estimate of drug-likeness (QED) is 0.763. The molecule has 1 aromatic rings. The lowest BCUT2D eigenvalue weighted by Crippen LogP contribution is -2.21. The number of likely N-dealkylation sites (tertiary alicyclic amines) is 1. The molecule has 3 heteroatoms. The highest BCUT2D eigenvalue weighted by molar-refractivity contribution is 5.18. The Balaban J connectivity index is 1.65. The summed E-state index contributed by atoms with van der Waals surface area (Å²) in [5, 5.41) is 0. The van der Waals surface area contributed by atoms with Gasteiger partial charge < -0.3 is 0 Å². The molecule has 0 radical (unpaired) electrons. The lowest BCUT2D eigenvalue weighted by atomic mass is 10.0. The van der Waals surface area contributed by atoms with E-state index in [1.165, 1.54) is 31.4 Å². The molecule has 2 atom stereocenters. The van der Waals surface area contributed by atoms with Gasteiger partial charge in [0.25, 0.3) is 0 Å². The zero-order valence-electron chi connectivity index (χ0n) is 9.83. The molecule has 2 unspecified atom stereocenters. The van der Waals surface area contributed by atoms with Gasteiger partial charge >= 0.3 is 0 Å². The van der Waals surface area contributed by atoms with Gasteiger partial charge in [-0.3, -0.25) is 4.90 Å². The maximum atomic E-state index is 13.1. The topological polar surface area (TPSA) is 3.24 Å². The first-order valence-corrected chi connectivity index (χ1v) is 6.38. The fourth-order valence-corrected chi connectivity index (χ4v) is 3.36. The van der Waals surface area contributed by atoms with E-state index in [0.717, 1.165) is 37.0 Å². The lowest BCUT2D eigenvalue weighted by molar-refractivity contribution is 0.302. The van der Waals surface area contributed by atoms with Crippen molar-refractivity contribution < 1.29 is 8.78 Å². The van der Waals surface area contributed by atoms with E-state index in [4.69, 9.17) is 0 Å². The maximum absolute atomic E-state index is 13.1. The van der Waals surface area contributed by atoms with Gasteiger partial charge in [0, 0.05) is 19.6 Å². The van der Waals surface area contributed by atoms with Crippen molar-refractivity contribution in [2.75, 3.05) is 13.1 Å². The predicted molar refractivity (Wildman–Crippen MR) is 62.5 cm³/mol. The molecule has 0 bridgehead atoms. The van der Waals surface area contributed by atoms with Crippen LogP contribution < -0.4 is 0 Å². The fourth-order valence-electron chi connectivity index (χ4n) is 3.36. The van der Waals surface area contributed by atoms with Crippen LogP contribution in [0.25, 0.3) is 0 Å². The Hall–Kier alpha value is -0.960. The van der Waals surface area contributed by atoms with Crippen LogP contribution in [0.5, 0.6) is 0 Å². The van der Waals surface area contributed by atoms with E-state index >= 15 is 0 Å². The second-order valence-corrected chi connectivity index (χ2v) is 5.39. The number of nitrogens with zero attached hydrogens (tertiary/aromatic N) is 1. The molecule has 17 heavy (non-hydrogen) atoms. The Morgan fingerprint density at radius 3 is 2.41 bits per heavy atom. The molecule has 3 rings (SSSR count). The molecule has 2 aliphatic rings. The molecule has 0 spiro atoms. The van der Waals surface area contributed by atoms with Crippen molar-refractivity contribution in [2.24, 2.45) is 11.8 Å². The summed E-state index contributed by atoms with van der Waals surface area (Å²) in [6.07, 6.45) is 4.06. The Labute approximate surface area is 100 Å². The number of hydrogen-bond acceptors (Lipinski definition) is 1. The Kier molecular flexibility index (Phi) is 2.87. The van der Waals surface area contributed by atoms with Crippen LogP contribution in [0.2, 0.25) is 0 Å². The zero-order chi connectivity index (χ0) is 11.8. The van der Waals surface area contributed by atoms with Gasteiger partial charge in [-0.1, -0.05) is 12.5 Å². The summed E-state index contributed by atoms with van der Waals surface area (Å²) in [4.78, 5) is 2.38. The second-order valence-electron chi connectivity index (χ2n) is 5.39. The van der Waals surface area contributed by atoms with E-state index in [2.05, 4.69) is 4.90 Å². The summed E-state index contributed by atoms with van der Waals surface area (Å²) in [6, 6.07) is 4.23. The maximum Gasteiger partial charge on any atom is 0.159 e. The summed E-state index contributed by atoms with van der Waals surface area (Å²) in [5.41, 5.74) is 0.879. The monoisotopic (exact) mass is 237 g/mol. The number of rotatable bonds is 2. The standard InChI is InChI=1S/C14H17F2N/c15-13-5-4-10(6-14(13)16)7-17-8-11-2-1-3-12(11)9-17/h4-6,11-12H,1-3,7-9H2. The van der Waals surface area contributed by atoms with E-state index in [0.29, 0.717) is 0 Å². The van der Waals surface area contributed by atoms with Crippen molar-refractivity contribution >= 4 is 0 Å². The summed E-state index contributed by atoms with van der Waals surface area (Å²) >= 11 is 0. The van der Waals surface area contributed by atoms with Gasteiger partial charge in [0.05, 0.1) is 0 Å². The Morgan fingerprint density at radius 1 is 1.06 bits per heavy atom. The highest BCUT2D eigenvalue weighted by Gasteiger charge is 2.35. The Morgan fingerprint density at radius 2 is 1.76 bits per heavy atom. The molecule has 1 saturated carbocycles. The van der Waals surface area contributed by atoms with Gasteiger partial charge in [-0.15, -0.1) is 0 Å².